The van der Waals surface area contributed by atoms with Gasteiger partial charge in [0.05, 0.1) is 31.4 Å². The van der Waals surface area contributed by atoms with Gasteiger partial charge in [0.25, 0.3) is 0 Å². The zero-order valence-corrected chi connectivity index (χ0v) is 11.0. The van der Waals surface area contributed by atoms with Crippen molar-refractivity contribution in [3.8, 4) is 0 Å². The van der Waals surface area contributed by atoms with Crippen LogP contribution < -0.4 is 5.73 Å². The number of rotatable bonds is 5. The van der Waals surface area contributed by atoms with E-state index in [9.17, 15) is 13.2 Å². The molecule has 1 aromatic carbocycles. The van der Waals surface area contributed by atoms with E-state index in [2.05, 4.69) is 0 Å². The third-order valence-electron chi connectivity index (χ3n) is 3.32. The maximum Gasteiger partial charge on any atom is 0.416 e. The van der Waals surface area contributed by atoms with E-state index in [0.717, 1.165) is 25.2 Å². The van der Waals surface area contributed by atoms with Crippen molar-refractivity contribution in [1.82, 2.24) is 0 Å². The Labute approximate surface area is 115 Å². The second-order valence-corrected chi connectivity index (χ2v) is 5.00. The van der Waals surface area contributed by atoms with Crippen LogP contribution in [-0.4, -0.2) is 26.4 Å². The molecule has 0 bridgehead atoms. The van der Waals surface area contributed by atoms with E-state index in [1.165, 1.54) is 6.07 Å². The highest BCUT2D eigenvalue weighted by atomic mass is 19.4. The molecule has 0 aromatic heterocycles. The van der Waals surface area contributed by atoms with Gasteiger partial charge in [0, 0.05) is 12.5 Å². The number of nitrogens with two attached hydrogens (primary N) is 1. The van der Waals surface area contributed by atoms with Crippen molar-refractivity contribution < 1.29 is 22.6 Å². The van der Waals surface area contributed by atoms with Gasteiger partial charge < -0.3 is 15.2 Å². The predicted molar refractivity (Wildman–Crippen MR) is 68.1 cm³/mol. The molecule has 20 heavy (non-hydrogen) atoms. The average molecular weight is 289 g/mol. The Morgan fingerprint density at radius 1 is 1.40 bits per heavy atom. The highest BCUT2D eigenvalue weighted by Gasteiger charge is 2.30. The van der Waals surface area contributed by atoms with Gasteiger partial charge in [-0.15, -0.1) is 0 Å². The van der Waals surface area contributed by atoms with Gasteiger partial charge in [0.2, 0.25) is 0 Å². The fraction of sp³-hybridized carbons (Fsp3) is 0.571. The lowest BCUT2D eigenvalue weighted by Crippen LogP contribution is -2.20. The molecule has 2 unspecified atom stereocenters. The summed E-state index contributed by atoms with van der Waals surface area (Å²) in [7, 11) is 0. The molecule has 0 spiro atoms. The topological polar surface area (TPSA) is 44.5 Å². The summed E-state index contributed by atoms with van der Waals surface area (Å²) in [5.74, 6) is 0.365. The molecular weight excluding hydrogens is 271 g/mol. The first-order valence-corrected chi connectivity index (χ1v) is 6.55. The Hall–Kier alpha value is -1.11. The van der Waals surface area contributed by atoms with Gasteiger partial charge >= 0.3 is 6.18 Å². The first-order valence-electron chi connectivity index (χ1n) is 6.55. The molecule has 2 N–H and O–H groups in total. The van der Waals surface area contributed by atoms with Crippen LogP contribution in [0, 0.1) is 5.92 Å². The van der Waals surface area contributed by atoms with Crippen molar-refractivity contribution in [3.05, 3.63) is 35.4 Å². The van der Waals surface area contributed by atoms with E-state index >= 15 is 0 Å². The summed E-state index contributed by atoms with van der Waals surface area (Å²) in [5, 5.41) is 0. The van der Waals surface area contributed by atoms with E-state index in [0.29, 0.717) is 24.7 Å². The largest absolute Gasteiger partial charge is 0.416 e. The number of halogens is 3. The Morgan fingerprint density at radius 2 is 2.20 bits per heavy atom. The van der Waals surface area contributed by atoms with Gasteiger partial charge in [-0.05, 0) is 24.1 Å². The minimum atomic E-state index is -4.35. The molecule has 1 aliphatic heterocycles. The number of hydrogen-bond acceptors (Lipinski definition) is 3. The van der Waals surface area contributed by atoms with E-state index in [1.54, 1.807) is 6.07 Å². The van der Waals surface area contributed by atoms with E-state index in [4.69, 9.17) is 15.2 Å². The molecule has 3 nitrogen and oxygen atoms in total. The van der Waals surface area contributed by atoms with Crippen molar-refractivity contribution in [2.75, 3.05) is 26.4 Å². The monoisotopic (exact) mass is 289 g/mol. The highest BCUT2D eigenvalue weighted by Crippen LogP contribution is 2.30. The Morgan fingerprint density at radius 3 is 2.85 bits per heavy atom. The summed E-state index contributed by atoms with van der Waals surface area (Å²) in [6, 6.07) is 4.50. The third kappa shape index (κ3) is 4.19. The van der Waals surface area contributed by atoms with Crippen LogP contribution >= 0.6 is 0 Å². The molecule has 0 aliphatic carbocycles. The highest BCUT2D eigenvalue weighted by molar-refractivity contribution is 5.27. The molecule has 1 saturated heterocycles. The minimum absolute atomic E-state index is 0.206. The van der Waals surface area contributed by atoms with Gasteiger partial charge in [0.15, 0.2) is 0 Å². The third-order valence-corrected chi connectivity index (χ3v) is 3.32. The Bertz CT molecular complexity index is 431. The van der Waals surface area contributed by atoms with Gasteiger partial charge in [-0.2, -0.15) is 13.2 Å². The lowest BCUT2D eigenvalue weighted by Gasteiger charge is -2.16. The number of alkyl halides is 3. The molecule has 0 saturated carbocycles. The van der Waals surface area contributed by atoms with Crippen LogP contribution in [0.5, 0.6) is 0 Å². The first kappa shape index (κ1) is 15.3. The van der Waals surface area contributed by atoms with Crippen molar-refractivity contribution in [2.45, 2.75) is 18.6 Å². The minimum Gasteiger partial charge on any atom is -0.381 e. The van der Waals surface area contributed by atoms with Gasteiger partial charge in [-0.1, -0.05) is 12.1 Å². The van der Waals surface area contributed by atoms with Crippen molar-refractivity contribution in [3.63, 3.8) is 0 Å². The zero-order chi connectivity index (χ0) is 14.6. The fourth-order valence-corrected chi connectivity index (χ4v) is 2.12. The SMILES string of the molecule is NC(COCC1CCOC1)c1cccc(C(F)(F)F)c1. The Balaban J connectivity index is 1.86. The molecular formula is C14H18F3NO2. The molecule has 0 radical (unpaired) electrons. The molecule has 2 atom stereocenters. The smallest absolute Gasteiger partial charge is 0.381 e. The van der Waals surface area contributed by atoms with Crippen LogP contribution in [0.1, 0.15) is 23.6 Å². The van der Waals surface area contributed by atoms with E-state index < -0.39 is 17.8 Å². The average Bonchev–Trinajstić information content (AvgIpc) is 2.91. The summed E-state index contributed by atoms with van der Waals surface area (Å²) >= 11 is 0. The van der Waals surface area contributed by atoms with Crippen LogP contribution in [0.15, 0.2) is 24.3 Å². The number of hydrogen-bond donors (Lipinski definition) is 1. The van der Waals surface area contributed by atoms with Crippen LogP contribution in [0.4, 0.5) is 13.2 Å². The number of benzene rings is 1. The predicted octanol–water partition coefficient (Wildman–Crippen LogP) is 2.76. The summed E-state index contributed by atoms with van der Waals surface area (Å²) in [6.45, 7) is 2.16. The molecule has 0 amide bonds. The van der Waals surface area contributed by atoms with Crippen molar-refractivity contribution in [1.29, 1.82) is 0 Å². The lowest BCUT2D eigenvalue weighted by molar-refractivity contribution is -0.137. The van der Waals surface area contributed by atoms with Crippen molar-refractivity contribution in [2.24, 2.45) is 11.7 Å². The molecule has 2 rings (SSSR count). The quantitative estimate of drug-likeness (QED) is 0.906. The summed E-state index contributed by atoms with van der Waals surface area (Å²) in [5.41, 5.74) is 5.62. The summed E-state index contributed by atoms with van der Waals surface area (Å²) < 4.78 is 48.5. The van der Waals surface area contributed by atoms with Crippen LogP contribution in [-0.2, 0) is 15.7 Å². The molecule has 1 aromatic rings. The second kappa shape index (κ2) is 6.56. The summed E-state index contributed by atoms with van der Waals surface area (Å²) in [4.78, 5) is 0. The first-order chi connectivity index (χ1) is 9.47. The van der Waals surface area contributed by atoms with Gasteiger partial charge in [-0.25, -0.2) is 0 Å². The maximum atomic E-state index is 12.6. The molecule has 1 aliphatic rings. The van der Waals surface area contributed by atoms with Gasteiger partial charge in [0.1, 0.15) is 0 Å². The van der Waals surface area contributed by atoms with Crippen LogP contribution in [0.3, 0.4) is 0 Å². The maximum absolute atomic E-state index is 12.6. The second-order valence-electron chi connectivity index (χ2n) is 5.00. The van der Waals surface area contributed by atoms with E-state index in [-0.39, 0.29) is 6.61 Å². The summed E-state index contributed by atoms with van der Waals surface area (Å²) in [6.07, 6.45) is -3.39. The number of ether oxygens (including phenoxy) is 2. The Kier molecular flexibility index (Phi) is 5.01. The van der Waals surface area contributed by atoms with Crippen molar-refractivity contribution >= 4 is 0 Å². The zero-order valence-electron chi connectivity index (χ0n) is 11.0. The fourth-order valence-electron chi connectivity index (χ4n) is 2.12. The lowest BCUT2D eigenvalue weighted by atomic mass is 10.0. The molecule has 1 fully saturated rings. The van der Waals surface area contributed by atoms with Crippen LogP contribution in [0.2, 0.25) is 0 Å². The normalized spacial score (nSPS) is 21.1. The van der Waals surface area contributed by atoms with Gasteiger partial charge in [-0.3, -0.25) is 0 Å². The van der Waals surface area contributed by atoms with Crippen LogP contribution in [0.25, 0.3) is 0 Å². The van der Waals surface area contributed by atoms with E-state index in [1.807, 2.05) is 0 Å². The molecule has 1 heterocycles. The molecule has 6 heteroatoms. The standard InChI is InChI=1S/C14H18F3NO2/c15-14(16,17)12-3-1-2-11(6-12)13(18)9-20-8-10-4-5-19-7-10/h1-3,6,10,13H,4-5,7-9,18H2. The molecule has 112 valence electrons.